The van der Waals surface area contributed by atoms with Gasteiger partial charge in [0.2, 0.25) is 11.8 Å². The van der Waals surface area contributed by atoms with E-state index >= 15 is 0 Å². The van der Waals surface area contributed by atoms with Gasteiger partial charge in [-0.15, -0.1) is 20.4 Å². The van der Waals surface area contributed by atoms with Gasteiger partial charge in [-0.2, -0.15) is 0 Å². The number of aromatic nitrogens is 6. The molecule has 4 aromatic rings. The highest BCUT2D eigenvalue weighted by Crippen LogP contribution is 2.30. The number of nitrogens with zero attached hydrogens (tertiary/aromatic N) is 6. The van der Waals surface area contributed by atoms with E-state index in [1.54, 1.807) is 12.4 Å². The second kappa shape index (κ2) is 8.02. The summed E-state index contributed by atoms with van der Waals surface area (Å²) in [4.78, 5) is 4.11. The molecule has 0 bridgehead atoms. The van der Waals surface area contributed by atoms with E-state index in [4.69, 9.17) is 4.42 Å². The summed E-state index contributed by atoms with van der Waals surface area (Å²) < 4.78 is 7.90. The van der Waals surface area contributed by atoms with Gasteiger partial charge in [-0.05, 0) is 49.2 Å². The van der Waals surface area contributed by atoms with Gasteiger partial charge in [-0.1, -0.05) is 38.6 Å². The van der Waals surface area contributed by atoms with E-state index < -0.39 is 0 Å². The molecule has 0 unspecified atom stereocenters. The fourth-order valence-corrected chi connectivity index (χ4v) is 3.68. The average Bonchev–Trinajstić information content (AvgIpc) is 3.36. The Kier molecular flexibility index (Phi) is 5.42. The average molecular weight is 421 g/mol. The first-order valence-corrected chi connectivity index (χ1v) is 10.7. The molecule has 0 amide bonds. The fourth-order valence-electron chi connectivity index (χ4n) is 2.89. The van der Waals surface area contributed by atoms with E-state index in [0.717, 1.165) is 22.2 Å². The van der Waals surface area contributed by atoms with Crippen LogP contribution in [0.25, 0.3) is 17.1 Å². The number of hydrogen-bond donors (Lipinski definition) is 0. The molecule has 0 atom stereocenters. The van der Waals surface area contributed by atoms with E-state index in [2.05, 4.69) is 82.8 Å². The number of aryl methyl sites for hydroxylation is 2. The molecule has 4 rings (SSSR count). The molecule has 0 saturated carbocycles. The summed E-state index contributed by atoms with van der Waals surface area (Å²) >= 11 is 1.52. The molecule has 154 valence electrons. The third kappa shape index (κ3) is 4.14. The van der Waals surface area contributed by atoms with Gasteiger partial charge < -0.3 is 4.42 Å². The summed E-state index contributed by atoms with van der Waals surface area (Å²) in [6, 6.07) is 10.2. The molecule has 3 aromatic heterocycles. The quantitative estimate of drug-likeness (QED) is 0.424. The Morgan fingerprint density at radius 3 is 2.37 bits per heavy atom. The fraction of sp³-hybridized carbons (Fsp3) is 0.318. The van der Waals surface area contributed by atoms with E-state index in [0.29, 0.717) is 17.5 Å². The minimum absolute atomic E-state index is 0.177. The second-order valence-corrected chi connectivity index (χ2v) is 9.13. The number of benzene rings is 1. The van der Waals surface area contributed by atoms with Crippen LogP contribution in [0.15, 0.2) is 52.3 Å². The van der Waals surface area contributed by atoms with Gasteiger partial charge in [0, 0.05) is 23.4 Å². The van der Waals surface area contributed by atoms with Gasteiger partial charge in [0.1, 0.15) is 0 Å². The van der Waals surface area contributed by atoms with Crippen LogP contribution in [0.2, 0.25) is 0 Å². The van der Waals surface area contributed by atoms with Crippen molar-refractivity contribution in [1.82, 2.24) is 29.9 Å². The summed E-state index contributed by atoms with van der Waals surface area (Å²) in [5, 5.41) is 18.1. The minimum Gasteiger partial charge on any atom is -0.424 e. The van der Waals surface area contributed by atoms with Crippen molar-refractivity contribution in [3.8, 4) is 17.1 Å². The van der Waals surface area contributed by atoms with Crippen molar-refractivity contribution >= 4 is 11.8 Å². The number of rotatable bonds is 5. The van der Waals surface area contributed by atoms with Crippen molar-refractivity contribution in [3.63, 3.8) is 0 Å². The van der Waals surface area contributed by atoms with Gasteiger partial charge in [0.25, 0.3) is 0 Å². The topological polar surface area (TPSA) is 82.5 Å². The highest BCUT2D eigenvalue weighted by atomic mass is 32.2. The molecule has 0 N–H and O–H groups in total. The van der Waals surface area contributed by atoms with Crippen LogP contribution >= 0.6 is 11.8 Å². The predicted molar refractivity (Wildman–Crippen MR) is 117 cm³/mol. The van der Waals surface area contributed by atoms with Gasteiger partial charge in [-0.25, -0.2) is 0 Å². The highest BCUT2D eigenvalue weighted by molar-refractivity contribution is 7.98. The smallest absolute Gasteiger partial charge is 0.226 e. The van der Waals surface area contributed by atoms with Gasteiger partial charge >= 0.3 is 0 Å². The molecular formula is C22H24N6OS. The Morgan fingerprint density at radius 2 is 1.70 bits per heavy atom. The molecule has 0 spiro atoms. The maximum atomic E-state index is 5.83. The maximum Gasteiger partial charge on any atom is 0.226 e. The van der Waals surface area contributed by atoms with Gasteiger partial charge in [0.15, 0.2) is 11.0 Å². The molecule has 3 heterocycles. The van der Waals surface area contributed by atoms with Crippen LogP contribution in [0.4, 0.5) is 0 Å². The predicted octanol–water partition coefficient (Wildman–Crippen LogP) is 4.92. The molecule has 30 heavy (non-hydrogen) atoms. The lowest BCUT2D eigenvalue weighted by Gasteiger charge is -2.12. The summed E-state index contributed by atoms with van der Waals surface area (Å²) in [6.45, 7) is 10.4. The van der Waals surface area contributed by atoms with Crippen molar-refractivity contribution in [2.75, 3.05) is 0 Å². The highest BCUT2D eigenvalue weighted by Gasteiger charge is 2.22. The third-order valence-corrected chi connectivity index (χ3v) is 5.67. The van der Waals surface area contributed by atoms with Crippen molar-refractivity contribution in [1.29, 1.82) is 0 Å². The lowest BCUT2D eigenvalue weighted by molar-refractivity contribution is 0.378. The molecule has 7 nitrogen and oxygen atoms in total. The first kappa shape index (κ1) is 20.3. The molecule has 0 fully saturated rings. The maximum absolute atomic E-state index is 5.83. The van der Waals surface area contributed by atoms with Gasteiger partial charge in [-0.3, -0.25) is 9.55 Å². The van der Waals surface area contributed by atoms with Crippen molar-refractivity contribution in [2.45, 2.75) is 50.9 Å². The monoisotopic (exact) mass is 420 g/mol. The Labute approximate surface area is 180 Å². The third-order valence-electron chi connectivity index (χ3n) is 4.75. The molecule has 0 aliphatic carbocycles. The Bertz CT molecular complexity index is 1160. The minimum atomic E-state index is -0.177. The Hall–Kier alpha value is -3.00. The number of thioether (sulfide) groups is 1. The van der Waals surface area contributed by atoms with Crippen LogP contribution in [-0.2, 0) is 11.2 Å². The van der Waals surface area contributed by atoms with Crippen molar-refractivity contribution in [2.24, 2.45) is 0 Å². The van der Waals surface area contributed by atoms with Crippen molar-refractivity contribution < 1.29 is 4.42 Å². The lowest BCUT2D eigenvalue weighted by atomic mass is 9.97. The van der Waals surface area contributed by atoms with Crippen LogP contribution in [0.1, 0.15) is 43.7 Å². The van der Waals surface area contributed by atoms with E-state index in [9.17, 15) is 0 Å². The molecule has 1 aromatic carbocycles. The van der Waals surface area contributed by atoms with Crippen LogP contribution in [0, 0.1) is 13.8 Å². The standard InChI is InChI=1S/C22H24N6OS/c1-14-6-7-17(12-15(14)2)28-19(16-8-10-23-11-9-16)25-27-21(28)30-13-18-24-26-20(29-18)22(3,4)5/h6-12H,13H2,1-5H3. The SMILES string of the molecule is Cc1ccc(-n2c(SCc3nnc(C(C)(C)C)o3)nnc2-c2ccncc2)cc1C. The largest absolute Gasteiger partial charge is 0.424 e. The van der Waals surface area contributed by atoms with E-state index in [1.807, 2.05) is 12.1 Å². The van der Waals surface area contributed by atoms with Gasteiger partial charge in [0.05, 0.1) is 11.4 Å². The zero-order valence-corrected chi connectivity index (χ0v) is 18.6. The molecule has 0 aliphatic rings. The zero-order chi connectivity index (χ0) is 21.3. The Morgan fingerprint density at radius 1 is 0.933 bits per heavy atom. The van der Waals surface area contributed by atoms with Crippen molar-refractivity contribution in [3.05, 3.63) is 65.6 Å². The molecule has 8 heteroatoms. The summed E-state index contributed by atoms with van der Waals surface area (Å²) in [7, 11) is 0. The van der Waals surface area contributed by atoms with E-state index in [1.165, 1.54) is 22.9 Å². The second-order valence-electron chi connectivity index (χ2n) is 8.19. The molecule has 0 saturated heterocycles. The first-order valence-electron chi connectivity index (χ1n) is 9.72. The molecular weight excluding hydrogens is 396 g/mol. The summed E-state index contributed by atoms with van der Waals surface area (Å²) in [6.07, 6.45) is 3.52. The number of hydrogen-bond acceptors (Lipinski definition) is 7. The summed E-state index contributed by atoms with van der Waals surface area (Å²) in [5.41, 5.74) is 4.24. The van der Waals surface area contributed by atoms with Crippen LogP contribution in [0.3, 0.4) is 0 Å². The molecule has 0 aliphatic heterocycles. The summed E-state index contributed by atoms with van der Waals surface area (Å²) in [5.74, 6) is 2.49. The first-order chi connectivity index (χ1) is 14.3. The van der Waals surface area contributed by atoms with Crippen LogP contribution in [0.5, 0.6) is 0 Å². The molecule has 0 radical (unpaired) electrons. The van der Waals surface area contributed by atoms with E-state index in [-0.39, 0.29) is 5.41 Å². The number of pyridine rings is 1. The van der Waals surface area contributed by atoms with Crippen LogP contribution < -0.4 is 0 Å². The zero-order valence-electron chi connectivity index (χ0n) is 17.7. The Balaban J connectivity index is 1.70. The van der Waals surface area contributed by atoms with Crippen LogP contribution in [-0.4, -0.2) is 29.9 Å². The lowest BCUT2D eigenvalue weighted by Crippen LogP contribution is -2.11. The normalized spacial score (nSPS) is 11.8.